The number of benzene rings is 1. The molecule has 4 nitrogen and oxygen atoms in total. The van der Waals surface area contributed by atoms with Gasteiger partial charge >= 0.3 is 5.97 Å². The van der Waals surface area contributed by atoms with Crippen LogP contribution in [0.2, 0.25) is 0 Å². The normalized spacial score (nSPS) is 17.9. The molecule has 18 heavy (non-hydrogen) atoms. The van der Waals surface area contributed by atoms with Gasteiger partial charge in [-0.15, -0.1) is 0 Å². The number of carboxylic acid groups (broad SMARTS) is 1. The lowest BCUT2D eigenvalue weighted by Gasteiger charge is -2.32. The predicted octanol–water partition coefficient (Wildman–Crippen LogP) is 1.89. The van der Waals surface area contributed by atoms with Crippen molar-refractivity contribution in [2.45, 2.75) is 6.54 Å². The molecule has 0 aromatic heterocycles. The molecule has 1 aromatic rings. The Balaban J connectivity index is 2.02. The average Bonchev–Trinajstić information content (AvgIpc) is 2.32. The quantitative estimate of drug-likeness (QED) is 0.925. The summed E-state index contributed by atoms with van der Waals surface area (Å²) in [7, 11) is 2.13. The average molecular weight is 313 g/mol. The van der Waals surface area contributed by atoms with Crippen LogP contribution >= 0.6 is 15.9 Å². The highest BCUT2D eigenvalue weighted by atomic mass is 79.9. The number of rotatable bonds is 3. The van der Waals surface area contributed by atoms with Gasteiger partial charge in [0.05, 0.1) is 5.56 Å². The topological polar surface area (TPSA) is 43.8 Å². The molecule has 1 aliphatic heterocycles. The van der Waals surface area contributed by atoms with Gasteiger partial charge in [0, 0.05) is 37.2 Å². The number of hydrogen-bond donors (Lipinski definition) is 1. The van der Waals surface area contributed by atoms with Crippen LogP contribution in [0.4, 0.5) is 0 Å². The Kier molecular flexibility index (Phi) is 4.37. The van der Waals surface area contributed by atoms with Gasteiger partial charge in [-0.05, 0) is 40.7 Å². The molecular weight excluding hydrogens is 296 g/mol. The van der Waals surface area contributed by atoms with E-state index in [2.05, 4.69) is 32.8 Å². The third kappa shape index (κ3) is 3.31. The van der Waals surface area contributed by atoms with Gasteiger partial charge in [0.15, 0.2) is 0 Å². The second-order valence-electron chi connectivity index (χ2n) is 4.70. The summed E-state index contributed by atoms with van der Waals surface area (Å²) in [5.41, 5.74) is 1.47. The van der Waals surface area contributed by atoms with Gasteiger partial charge in [0.2, 0.25) is 0 Å². The van der Waals surface area contributed by atoms with Gasteiger partial charge in [-0.1, -0.05) is 6.07 Å². The molecule has 0 spiro atoms. The minimum Gasteiger partial charge on any atom is -0.478 e. The zero-order valence-electron chi connectivity index (χ0n) is 10.4. The van der Waals surface area contributed by atoms with Crippen LogP contribution in [0.3, 0.4) is 0 Å². The fourth-order valence-electron chi connectivity index (χ4n) is 2.09. The van der Waals surface area contributed by atoms with Crippen molar-refractivity contribution in [1.29, 1.82) is 0 Å². The smallest absolute Gasteiger partial charge is 0.336 e. The molecule has 0 bridgehead atoms. The maximum atomic E-state index is 10.9. The van der Waals surface area contributed by atoms with Gasteiger partial charge < -0.3 is 10.0 Å². The molecule has 0 amide bonds. The molecule has 5 heteroatoms. The van der Waals surface area contributed by atoms with E-state index in [9.17, 15) is 4.79 Å². The van der Waals surface area contributed by atoms with E-state index in [1.54, 1.807) is 6.07 Å². The van der Waals surface area contributed by atoms with Crippen LogP contribution in [0, 0.1) is 0 Å². The van der Waals surface area contributed by atoms with Gasteiger partial charge in [-0.2, -0.15) is 0 Å². The Morgan fingerprint density at radius 3 is 2.56 bits per heavy atom. The molecule has 0 aliphatic carbocycles. The molecule has 1 N–H and O–H groups in total. The Labute approximate surface area is 115 Å². The number of halogens is 1. The highest BCUT2D eigenvalue weighted by molar-refractivity contribution is 9.10. The molecule has 1 heterocycles. The first-order chi connectivity index (χ1) is 8.56. The number of carboxylic acids is 1. The minimum atomic E-state index is -0.895. The van der Waals surface area contributed by atoms with E-state index in [-0.39, 0.29) is 0 Å². The third-order valence-corrected chi connectivity index (χ3v) is 3.92. The van der Waals surface area contributed by atoms with Gasteiger partial charge in [-0.3, -0.25) is 4.90 Å². The maximum absolute atomic E-state index is 10.9. The molecule has 0 radical (unpaired) electrons. The van der Waals surface area contributed by atoms with Crippen LogP contribution < -0.4 is 0 Å². The van der Waals surface area contributed by atoms with Crippen molar-refractivity contribution >= 4 is 21.9 Å². The Hall–Kier alpha value is -0.910. The SMILES string of the molecule is CN1CCN(Cc2ccc(C(=O)O)c(Br)c2)CC1. The summed E-state index contributed by atoms with van der Waals surface area (Å²) in [4.78, 5) is 15.6. The summed E-state index contributed by atoms with van der Waals surface area (Å²) in [6.07, 6.45) is 0. The summed E-state index contributed by atoms with van der Waals surface area (Å²) in [5.74, 6) is -0.895. The van der Waals surface area contributed by atoms with Crippen LogP contribution in [0.1, 0.15) is 15.9 Å². The fourth-order valence-corrected chi connectivity index (χ4v) is 2.69. The summed E-state index contributed by atoms with van der Waals surface area (Å²) >= 11 is 3.31. The van der Waals surface area contributed by atoms with E-state index in [1.165, 1.54) is 0 Å². The molecule has 0 saturated carbocycles. The lowest BCUT2D eigenvalue weighted by Crippen LogP contribution is -2.43. The Bertz CT molecular complexity index is 443. The Morgan fingerprint density at radius 2 is 2.00 bits per heavy atom. The predicted molar refractivity (Wildman–Crippen MR) is 73.9 cm³/mol. The van der Waals surface area contributed by atoms with Crippen LogP contribution in [0.15, 0.2) is 22.7 Å². The summed E-state index contributed by atoms with van der Waals surface area (Å²) in [6.45, 7) is 5.19. The lowest BCUT2D eigenvalue weighted by molar-refractivity contribution is 0.0696. The molecule has 1 fully saturated rings. The first kappa shape index (κ1) is 13.5. The first-order valence-corrected chi connectivity index (χ1v) is 6.78. The van der Waals surface area contributed by atoms with E-state index in [1.807, 2.05) is 12.1 Å². The molecule has 1 saturated heterocycles. The Morgan fingerprint density at radius 1 is 1.33 bits per heavy atom. The monoisotopic (exact) mass is 312 g/mol. The second kappa shape index (κ2) is 5.82. The molecule has 2 rings (SSSR count). The van der Waals surface area contributed by atoms with Crippen molar-refractivity contribution < 1.29 is 9.90 Å². The number of hydrogen-bond acceptors (Lipinski definition) is 3. The summed E-state index contributed by atoms with van der Waals surface area (Å²) in [5, 5.41) is 8.96. The number of nitrogens with zero attached hydrogens (tertiary/aromatic N) is 2. The largest absolute Gasteiger partial charge is 0.478 e. The zero-order chi connectivity index (χ0) is 13.1. The highest BCUT2D eigenvalue weighted by Gasteiger charge is 2.15. The van der Waals surface area contributed by atoms with E-state index in [0.717, 1.165) is 38.3 Å². The molecule has 1 aliphatic rings. The maximum Gasteiger partial charge on any atom is 0.336 e. The zero-order valence-corrected chi connectivity index (χ0v) is 12.0. The van der Waals surface area contributed by atoms with Gasteiger partial charge in [0.25, 0.3) is 0 Å². The van der Waals surface area contributed by atoms with Crippen molar-refractivity contribution in [2.75, 3.05) is 33.2 Å². The number of piperazine rings is 1. The van der Waals surface area contributed by atoms with Crippen molar-refractivity contribution in [2.24, 2.45) is 0 Å². The van der Waals surface area contributed by atoms with E-state index in [0.29, 0.717) is 10.0 Å². The fraction of sp³-hybridized carbons (Fsp3) is 0.462. The van der Waals surface area contributed by atoms with Gasteiger partial charge in [0.1, 0.15) is 0 Å². The van der Waals surface area contributed by atoms with Gasteiger partial charge in [-0.25, -0.2) is 4.79 Å². The molecule has 98 valence electrons. The third-order valence-electron chi connectivity index (χ3n) is 3.27. The molecular formula is C13H17BrN2O2. The van der Waals surface area contributed by atoms with E-state index >= 15 is 0 Å². The molecule has 1 aromatic carbocycles. The first-order valence-electron chi connectivity index (χ1n) is 5.99. The van der Waals surface area contributed by atoms with Crippen LogP contribution in [0.25, 0.3) is 0 Å². The number of likely N-dealkylation sites (N-methyl/N-ethyl adjacent to an activating group) is 1. The summed E-state index contributed by atoms with van der Waals surface area (Å²) in [6, 6.07) is 5.46. The van der Waals surface area contributed by atoms with Crippen LogP contribution in [0.5, 0.6) is 0 Å². The minimum absolute atomic E-state index is 0.317. The van der Waals surface area contributed by atoms with Crippen LogP contribution in [-0.2, 0) is 6.54 Å². The van der Waals surface area contributed by atoms with Crippen molar-refractivity contribution in [3.8, 4) is 0 Å². The van der Waals surface area contributed by atoms with E-state index in [4.69, 9.17) is 5.11 Å². The van der Waals surface area contributed by atoms with E-state index < -0.39 is 5.97 Å². The van der Waals surface area contributed by atoms with Crippen molar-refractivity contribution in [3.05, 3.63) is 33.8 Å². The molecule has 0 unspecified atom stereocenters. The number of aromatic carboxylic acids is 1. The lowest BCUT2D eigenvalue weighted by atomic mass is 10.1. The summed E-state index contributed by atoms with van der Waals surface area (Å²) < 4.78 is 0.654. The van der Waals surface area contributed by atoms with Crippen molar-refractivity contribution in [1.82, 2.24) is 9.80 Å². The standard InChI is InChI=1S/C13H17BrN2O2/c1-15-4-6-16(7-5-15)9-10-2-3-11(13(17)18)12(14)8-10/h2-3,8H,4-7,9H2,1H3,(H,17,18). The van der Waals surface area contributed by atoms with Crippen molar-refractivity contribution in [3.63, 3.8) is 0 Å². The highest BCUT2D eigenvalue weighted by Crippen LogP contribution is 2.20. The number of carbonyl (C=O) groups is 1. The van der Waals surface area contributed by atoms with Crippen LogP contribution in [-0.4, -0.2) is 54.1 Å². The molecule has 0 atom stereocenters. The second-order valence-corrected chi connectivity index (χ2v) is 5.55.